The number of nitrogens with zero attached hydrogens (tertiary/aromatic N) is 7. The maximum atomic E-state index is 12.6. The molecule has 1 atom stereocenters. The van der Waals surface area contributed by atoms with E-state index in [0.29, 0.717) is 41.4 Å². The molecule has 0 spiro atoms. The van der Waals surface area contributed by atoms with E-state index in [9.17, 15) is 4.79 Å². The minimum Gasteiger partial charge on any atom is -0.490 e. The summed E-state index contributed by atoms with van der Waals surface area (Å²) in [5.74, 6) is 1.19. The highest BCUT2D eigenvalue weighted by atomic mass is 35.5. The minimum atomic E-state index is -0.507. The molecule has 3 heterocycles. The Balaban J connectivity index is 1.40. The Labute approximate surface area is 198 Å². The van der Waals surface area contributed by atoms with Crippen molar-refractivity contribution in [1.29, 1.82) is 0 Å². The molecule has 3 aromatic heterocycles. The number of hydrogen-bond donors (Lipinski definition) is 2. The summed E-state index contributed by atoms with van der Waals surface area (Å²) in [6.07, 6.45) is 8.07. The molecule has 13 heteroatoms. The van der Waals surface area contributed by atoms with Crippen molar-refractivity contribution >= 4 is 34.9 Å². The van der Waals surface area contributed by atoms with Crippen molar-refractivity contribution in [3.63, 3.8) is 0 Å². The van der Waals surface area contributed by atoms with Gasteiger partial charge in [0.2, 0.25) is 0 Å². The first-order valence-corrected chi connectivity index (χ1v) is 10.6. The summed E-state index contributed by atoms with van der Waals surface area (Å²) in [6, 6.07) is 5.59. The molecule has 2 N–H and O–H groups in total. The van der Waals surface area contributed by atoms with Crippen LogP contribution in [0.15, 0.2) is 55.4 Å². The van der Waals surface area contributed by atoms with Crippen LogP contribution in [0.3, 0.4) is 0 Å². The summed E-state index contributed by atoms with van der Waals surface area (Å²) in [4.78, 5) is 25.1. The van der Waals surface area contributed by atoms with Crippen LogP contribution in [-0.2, 0) is 6.54 Å². The lowest BCUT2D eigenvalue weighted by Gasteiger charge is -2.16. The van der Waals surface area contributed by atoms with Gasteiger partial charge in [0.1, 0.15) is 18.7 Å². The molecule has 0 aliphatic carbocycles. The van der Waals surface area contributed by atoms with Gasteiger partial charge in [-0.1, -0.05) is 23.2 Å². The Morgan fingerprint density at radius 1 is 1.09 bits per heavy atom. The number of benzene rings is 1. The monoisotopic (exact) mass is 487 g/mol. The lowest BCUT2D eigenvalue weighted by atomic mass is 10.3. The summed E-state index contributed by atoms with van der Waals surface area (Å²) < 4.78 is 8.92. The van der Waals surface area contributed by atoms with E-state index in [1.165, 1.54) is 17.1 Å². The van der Waals surface area contributed by atoms with Crippen molar-refractivity contribution in [3.8, 4) is 11.7 Å². The highest BCUT2D eigenvalue weighted by molar-refractivity contribution is 6.37. The lowest BCUT2D eigenvalue weighted by Crippen LogP contribution is -2.32. The number of nitrogens with one attached hydrogen (secondary N) is 2. The zero-order valence-electron chi connectivity index (χ0n) is 17.4. The average Bonchev–Trinajstić information content (AvgIpc) is 3.49. The number of anilines is 1. The maximum Gasteiger partial charge on any atom is 0.319 e. The second-order valence-corrected chi connectivity index (χ2v) is 7.59. The van der Waals surface area contributed by atoms with Crippen LogP contribution < -0.4 is 15.4 Å². The van der Waals surface area contributed by atoms with Crippen LogP contribution in [0.4, 0.5) is 10.5 Å². The number of halogens is 2. The zero-order valence-corrected chi connectivity index (χ0v) is 18.9. The fourth-order valence-corrected chi connectivity index (χ4v) is 3.42. The van der Waals surface area contributed by atoms with E-state index in [2.05, 4.69) is 35.8 Å². The van der Waals surface area contributed by atoms with Crippen molar-refractivity contribution in [1.82, 2.24) is 39.8 Å². The molecular formula is C20H19Cl2N9O2. The van der Waals surface area contributed by atoms with E-state index in [4.69, 9.17) is 27.9 Å². The predicted molar refractivity (Wildman–Crippen MR) is 122 cm³/mol. The van der Waals surface area contributed by atoms with E-state index < -0.39 is 12.1 Å². The maximum absolute atomic E-state index is 12.6. The third-order valence-corrected chi connectivity index (χ3v) is 5.07. The summed E-state index contributed by atoms with van der Waals surface area (Å²) in [5.41, 5.74) is 0.340. The van der Waals surface area contributed by atoms with Gasteiger partial charge in [-0.15, -0.1) is 0 Å². The van der Waals surface area contributed by atoms with Gasteiger partial charge in [-0.05, 0) is 25.1 Å². The Kier molecular flexibility index (Phi) is 7.01. The molecule has 170 valence electrons. The van der Waals surface area contributed by atoms with Gasteiger partial charge in [-0.25, -0.2) is 19.7 Å². The fraction of sp³-hybridized carbons (Fsp3) is 0.200. The molecule has 0 saturated carbocycles. The molecule has 33 heavy (non-hydrogen) atoms. The summed E-state index contributed by atoms with van der Waals surface area (Å²) in [5, 5.41) is 14.3. The first-order valence-electron chi connectivity index (χ1n) is 9.85. The van der Waals surface area contributed by atoms with Gasteiger partial charge in [-0.3, -0.25) is 4.68 Å². The van der Waals surface area contributed by atoms with Gasteiger partial charge < -0.3 is 15.4 Å². The Bertz CT molecular complexity index is 1220. The number of amides is 2. The van der Waals surface area contributed by atoms with Crippen molar-refractivity contribution < 1.29 is 9.53 Å². The molecule has 0 radical (unpaired) electrons. The normalized spacial score (nSPS) is 11.7. The van der Waals surface area contributed by atoms with Gasteiger partial charge in [0, 0.05) is 30.9 Å². The van der Waals surface area contributed by atoms with Crippen LogP contribution in [0.5, 0.6) is 5.75 Å². The first kappa shape index (κ1) is 22.5. The number of hydrogen-bond acceptors (Lipinski definition) is 7. The molecule has 0 aliphatic rings. The number of carbonyl (C=O) groups is 1. The van der Waals surface area contributed by atoms with E-state index >= 15 is 0 Å². The Hall–Kier alpha value is -3.70. The molecule has 1 unspecified atom stereocenters. The molecule has 4 aromatic rings. The largest absolute Gasteiger partial charge is 0.490 e. The average molecular weight is 488 g/mol. The highest BCUT2D eigenvalue weighted by Gasteiger charge is 2.19. The van der Waals surface area contributed by atoms with Gasteiger partial charge in [0.25, 0.3) is 5.95 Å². The standard InChI is InChI=1S/C20H19Cl2N9O2/c1-13(18-25-12-27-31(18)19-23-4-2-5-24-19)28-20(32)29-16-11-17(15(22)10-14(16)21)33-9-8-30-7-3-6-26-30/h2-7,10-13H,8-9H2,1H3,(H2,28,29,32). The summed E-state index contributed by atoms with van der Waals surface area (Å²) >= 11 is 12.5. The van der Waals surface area contributed by atoms with E-state index in [0.717, 1.165) is 0 Å². The van der Waals surface area contributed by atoms with Crippen LogP contribution in [0.2, 0.25) is 10.0 Å². The number of rotatable bonds is 8. The molecule has 0 fully saturated rings. The predicted octanol–water partition coefficient (Wildman–Crippen LogP) is 3.52. The number of ether oxygens (including phenoxy) is 1. The van der Waals surface area contributed by atoms with Crippen molar-refractivity contribution in [3.05, 3.63) is 71.2 Å². The lowest BCUT2D eigenvalue weighted by molar-refractivity contribution is 0.248. The number of carbonyl (C=O) groups excluding carboxylic acids is 1. The number of urea groups is 1. The van der Waals surface area contributed by atoms with Crippen LogP contribution in [0, 0.1) is 0 Å². The summed E-state index contributed by atoms with van der Waals surface area (Å²) in [7, 11) is 0. The third-order valence-electron chi connectivity index (χ3n) is 4.46. The van der Waals surface area contributed by atoms with Gasteiger partial charge >= 0.3 is 6.03 Å². The Morgan fingerprint density at radius 2 is 1.91 bits per heavy atom. The van der Waals surface area contributed by atoms with E-state index in [1.54, 1.807) is 42.3 Å². The molecule has 0 saturated heterocycles. The fourth-order valence-electron chi connectivity index (χ4n) is 2.94. The highest BCUT2D eigenvalue weighted by Crippen LogP contribution is 2.34. The third kappa shape index (κ3) is 5.57. The van der Waals surface area contributed by atoms with Crippen molar-refractivity contribution in [2.24, 2.45) is 0 Å². The van der Waals surface area contributed by atoms with Crippen molar-refractivity contribution in [2.45, 2.75) is 19.5 Å². The summed E-state index contributed by atoms with van der Waals surface area (Å²) in [6.45, 7) is 2.64. The van der Waals surface area contributed by atoms with Gasteiger partial charge in [0.05, 0.1) is 28.3 Å². The molecule has 0 bridgehead atoms. The molecule has 11 nitrogen and oxygen atoms in total. The topological polar surface area (TPSA) is 125 Å². The molecular weight excluding hydrogens is 469 g/mol. The van der Waals surface area contributed by atoms with Crippen molar-refractivity contribution in [2.75, 3.05) is 11.9 Å². The Morgan fingerprint density at radius 3 is 2.67 bits per heavy atom. The zero-order chi connectivity index (χ0) is 23.2. The van der Waals surface area contributed by atoms with Gasteiger partial charge in [-0.2, -0.15) is 14.9 Å². The second kappa shape index (κ2) is 10.3. The molecule has 1 aromatic carbocycles. The van der Waals surface area contributed by atoms with Crippen LogP contribution in [0.25, 0.3) is 5.95 Å². The van der Waals surface area contributed by atoms with Gasteiger partial charge in [0.15, 0.2) is 5.82 Å². The second-order valence-electron chi connectivity index (χ2n) is 6.78. The smallest absolute Gasteiger partial charge is 0.319 e. The minimum absolute atomic E-state index is 0.267. The SMILES string of the molecule is CC(NC(=O)Nc1cc(OCCn2cccn2)c(Cl)cc1Cl)c1ncnn1-c1ncccn1. The van der Waals surface area contributed by atoms with E-state index in [-0.39, 0.29) is 5.02 Å². The first-order chi connectivity index (χ1) is 16.0. The molecule has 4 rings (SSSR count). The van der Waals surface area contributed by atoms with Crippen LogP contribution in [-0.4, -0.2) is 47.2 Å². The quantitative estimate of drug-likeness (QED) is 0.389. The molecule has 0 aliphatic heterocycles. The van der Waals surface area contributed by atoms with Crippen LogP contribution in [0.1, 0.15) is 18.8 Å². The van der Waals surface area contributed by atoms with Crippen LogP contribution >= 0.6 is 23.2 Å². The van der Waals surface area contributed by atoms with E-state index in [1.807, 2.05) is 12.3 Å². The molecule has 2 amide bonds. The number of aromatic nitrogens is 7.